The van der Waals surface area contributed by atoms with Gasteiger partial charge in [-0.05, 0) is 35.9 Å². The molecule has 3 aromatic rings. The van der Waals surface area contributed by atoms with E-state index >= 15 is 0 Å². The first-order chi connectivity index (χ1) is 18.4. The normalized spacial score (nSPS) is 12.8. The second-order valence-electron chi connectivity index (χ2n) is 8.69. The highest BCUT2D eigenvalue weighted by molar-refractivity contribution is 7.46. The molecule has 0 aliphatic heterocycles. The number of ether oxygens (including phenoxy) is 1. The number of phosphoric acid groups is 1. The number of carbonyl (C=O) groups excluding carboxylic acids is 2. The van der Waals surface area contributed by atoms with Crippen LogP contribution in [0.25, 0.3) is 10.8 Å². The number of fused-ring (bicyclic) bond motifs is 1. The number of halogens is 2. The summed E-state index contributed by atoms with van der Waals surface area (Å²) in [4.78, 5) is 48.3. The Morgan fingerprint density at radius 3 is 2.50 bits per heavy atom. The van der Waals surface area contributed by atoms with Gasteiger partial charge in [0.05, 0.1) is 18.8 Å². The summed E-state index contributed by atoms with van der Waals surface area (Å²) in [5.41, 5.74) is 0.00175. The van der Waals surface area contributed by atoms with Gasteiger partial charge in [-0.25, -0.2) is 23.1 Å². The van der Waals surface area contributed by atoms with Gasteiger partial charge >= 0.3 is 13.9 Å². The monoisotopic (exact) mass is 583 g/mol. The largest absolute Gasteiger partial charge is 0.469 e. The second-order valence-corrected chi connectivity index (χ2v) is 9.93. The molecule has 3 rings (SSSR count). The summed E-state index contributed by atoms with van der Waals surface area (Å²) in [7, 11) is -3.50. The average Bonchev–Trinajstić information content (AvgIpc) is 2.89. The number of aliphatic hydroxyl groups is 1. The van der Waals surface area contributed by atoms with Gasteiger partial charge in [0.25, 0.3) is 0 Å². The van der Waals surface area contributed by atoms with E-state index in [1.165, 1.54) is 19.2 Å². The molecule has 2 atom stereocenters. The molecule has 1 aromatic heterocycles. The van der Waals surface area contributed by atoms with Crippen molar-refractivity contribution in [3.05, 3.63) is 71.9 Å². The van der Waals surface area contributed by atoms with Crippen molar-refractivity contribution < 1.29 is 47.1 Å². The summed E-state index contributed by atoms with van der Waals surface area (Å²) in [5, 5.41) is 14.4. The number of benzene rings is 2. The van der Waals surface area contributed by atoms with Gasteiger partial charge < -0.3 is 24.5 Å². The first-order valence-electron chi connectivity index (χ1n) is 11.8. The fraction of sp³-hybridized carbons (Fsp3) is 0.346. The van der Waals surface area contributed by atoms with Crippen LogP contribution < -0.4 is 5.32 Å². The summed E-state index contributed by atoms with van der Waals surface area (Å²) < 4.78 is 47.9. The van der Waals surface area contributed by atoms with Gasteiger partial charge in [-0.3, -0.25) is 14.6 Å². The lowest BCUT2D eigenvalue weighted by atomic mass is 10.1. The smallest absolute Gasteiger partial charge is 0.447 e. The van der Waals surface area contributed by atoms with E-state index in [1.807, 2.05) is 24.3 Å². The third-order valence-corrected chi connectivity index (χ3v) is 6.31. The van der Waals surface area contributed by atoms with E-state index in [2.05, 4.69) is 14.8 Å². The van der Waals surface area contributed by atoms with E-state index in [0.29, 0.717) is 0 Å². The minimum Gasteiger partial charge on any atom is -0.447 e. The Morgan fingerprint density at radius 2 is 1.80 bits per heavy atom. The SMILES string of the molecule is C.CN(C(=O)CCc1cccc(F)c1F)[C@H](COC(=O)Nc1cc2ccccc2cn1)CC(O)COP(=O)(O)O. The molecule has 0 saturated heterocycles. The van der Waals surface area contributed by atoms with E-state index in [4.69, 9.17) is 14.5 Å². The summed E-state index contributed by atoms with van der Waals surface area (Å²) in [6, 6.07) is 11.7. The molecule has 0 radical (unpaired) electrons. The minimum absolute atomic E-state index is 0. The van der Waals surface area contributed by atoms with Crippen LogP contribution in [0.3, 0.4) is 0 Å². The highest BCUT2D eigenvalue weighted by atomic mass is 31.2. The number of amides is 2. The van der Waals surface area contributed by atoms with Crippen molar-refractivity contribution in [2.75, 3.05) is 25.6 Å². The molecule has 14 heteroatoms. The fourth-order valence-electron chi connectivity index (χ4n) is 3.73. The predicted molar refractivity (Wildman–Crippen MR) is 143 cm³/mol. The second kappa shape index (κ2) is 14.8. The number of hydrogen-bond donors (Lipinski definition) is 4. The van der Waals surface area contributed by atoms with Crippen molar-refractivity contribution in [3.63, 3.8) is 0 Å². The third-order valence-electron chi connectivity index (χ3n) is 5.83. The summed E-state index contributed by atoms with van der Waals surface area (Å²) in [6.45, 7) is -1.16. The fourth-order valence-corrected chi connectivity index (χ4v) is 4.10. The number of anilines is 1. The van der Waals surface area contributed by atoms with Gasteiger partial charge in [0.15, 0.2) is 11.6 Å². The van der Waals surface area contributed by atoms with Crippen molar-refractivity contribution in [1.29, 1.82) is 0 Å². The van der Waals surface area contributed by atoms with Crippen LogP contribution in [-0.4, -0.2) is 69.2 Å². The number of likely N-dealkylation sites (N-methyl/N-ethyl adjacent to an activating group) is 1. The number of aromatic nitrogens is 1. The molecule has 0 aliphatic rings. The summed E-state index contributed by atoms with van der Waals surface area (Å²) >= 11 is 0. The Hall–Kier alpha value is -3.48. The molecule has 0 spiro atoms. The highest BCUT2D eigenvalue weighted by Crippen LogP contribution is 2.36. The quantitative estimate of drug-likeness (QED) is 0.231. The van der Waals surface area contributed by atoms with Gasteiger partial charge in [-0.15, -0.1) is 0 Å². The number of aliphatic hydroxyl groups excluding tert-OH is 1. The maximum absolute atomic E-state index is 14.0. The van der Waals surface area contributed by atoms with Crippen LogP contribution in [0.2, 0.25) is 0 Å². The van der Waals surface area contributed by atoms with Crippen molar-refractivity contribution in [2.45, 2.75) is 38.8 Å². The van der Waals surface area contributed by atoms with Crippen LogP contribution in [0, 0.1) is 11.6 Å². The molecule has 1 unspecified atom stereocenters. The maximum atomic E-state index is 14.0. The van der Waals surface area contributed by atoms with E-state index in [0.717, 1.165) is 21.7 Å². The zero-order valence-corrected chi connectivity index (χ0v) is 21.8. The average molecular weight is 584 g/mol. The van der Waals surface area contributed by atoms with Crippen molar-refractivity contribution >= 4 is 36.4 Å². The van der Waals surface area contributed by atoms with E-state index in [1.54, 1.807) is 12.3 Å². The Morgan fingerprint density at radius 1 is 1.10 bits per heavy atom. The van der Waals surface area contributed by atoms with Crippen LogP contribution in [0.4, 0.5) is 19.4 Å². The number of rotatable bonds is 12. The predicted octanol–water partition coefficient (Wildman–Crippen LogP) is 4.02. The number of nitrogens with one attached hydrogen (secondary N) is 1. The van der Waals surface area contributed by atoms with Gasteiger partial charge in [0.2, 0.25) is 5.91 Å². The van der Waals surface area contributed by atoms with Crippen LogP contribution in [0.5, 0.6) is 0 Å². The first-order valence-corrected chi connectivity index (χ1v) is 13.3. The molecule has 2 aromatic carbocycles. The number of nitrogens with zero attached hydrogens (tertiary/aromatic N) is 2. The zero-order chi connectivity index (χ0) is 28.6. The number of phosphoric ester groups is 1. The molecule has 11 nitrogen and oxygen atoms in total. The topological polar surface area (TPSA) is 159 Å². The Labute approximate surface area is 230 Å². The van der Waals surface area contributed by atoms with Gasteiger partial charge in [-0.1, -0.05) is 43.8 Å². The van der Waals surface area contributed by atoms with Crippen molar-refractivity contribution in [3.8, 4) is 0 Å². The maximum Gasteiger partial charge on any atom is 0.469 e. The lowest BCUT2D eigenvalue weighted by Crippen LogP contribution is -2.43. The lowest BCUT2D eigenvalue weighted by molar-refractivity contribution is -0.133. The molecule has 1 heterocycles. The molecule has 0 saturated carbocycles. The third kappa shape index (κ3) is 9.92. The highest BCUT2D eigenvalue weighted by Gasteiger charge is 2.26. The van der Waals surface area contributed by atoms with Gasteiger partial charge in [-0.2, -0.15) is 0 Å². The van der Waals surface area contributed by atoms with Gasteiger partial charge in [0.1, 0.15) is 12.4 Å². The molecule has 0 bridgehead atoms. The van der Waals surface area contributed by atoms with Crippen LogP contribution in [0.15, 0.2) is 54.7 Å². The molecular weight excluding hydrogens is 551 g/mol. The number of aryl methyl sites for hydroxylation is 1. The molecule has 0 fully saturated rings. The summed E-state index contributed by atoms with van der Waals surface area (Å²) in [5.74, 6) is -2.42. The molecule has 2 amide bonds. The van der Waals surface area contributed by atoms with Gasteiger partial charge in [0, 0.05) is 25.1 Å². The van der Waals surface area contributed by atoms with E-state index in [9.17, 15) is 28.0 Å². The van der Waals surface area contributed by atoms with Crippen molar-refractivity contribution in [2.24, 2.45) is 0 Å². The molecular formula is C26H32F2N3O8P. The van der Waals surface area contributed by atoms with Crippen LogP contribution in [0.1, 0.15) is 25.8 Å². The number of pyridine rings is 1. The van der Waals surface area contributed by atoms with E-state index in [-0.39, 0.29) is 38.1 Å². The van der Waals surface area contributed by atoms with Crippen LogP contribution >= 0.6 is 7.82 Å². The minimum atomic E-state index is -4.86. The van der Waals surface area contributed by atoms with Crippen LogP contribution in [-0.2, 0) is 25.0 Å². The zero-order valence-electron chi connectivity index (χ0n) is 20.9. The molecule has 4 N–H and O–H groups in total. The molecule has 0 aliphatic carbocycles. The molecule has 218 valence electrons. The Bertz CT molecular complexity index is 1360. The first kappa shape index (κ1) is 32.7. The standard InChI is InChI=1S/C25H28F2N3O8P.CH4/c1-30(23(32)10-9-16-7-4-8-21(26)24(16)27)19(12-20(31)15-38-39(34,35)36)14-37-25(33)29-22-11-17-5-2-3-6-18(17)13-28-22;/h2-8,11,13,19-20,31H,9-10,12,14-15H2,1H3,(H,28,29,33)(H2,34,35,36);1H4/t19-,20?;/m0./s1. The Kier molecular flexibility index (Phi) is 12.1. The Balaban J connectivity index is 0.00000560. The lowest BCUT2D eigenvalue weighted by Gasteiger charge is -2.29. The molecule has 40 heavy (non-hydrogen) atoms. The number of carbonyl (C=O) groups is 2. The van der Waals surface area contributed by atoms with E-state index < -0.39 is 56.8 Å². The number of hydrogen-bond acceptors (Lipinski definition) is 7. The van der Waals surface area contributed by atoms with Crippen molar-refractivity contribution in [1.82, 2.24) is 9.88 Å². The summed E-state index contributed by atoms with van der Waals surface area (Å²) in [6.07, 6.45) is -1.38.